The van der Waals surface area contributed by atoms with Gasteiger partial charge in [0.1, 0.15) is 0 Å². The van der Waals surface area contributed by atoms with Crippen molar-refractivity contribution >= 4 is 38.0 Å². The van der Waals surface area contributed by atoms with Crippen molar-refractivity contribution in [3.8, 4) is 21.7 Å². The number of carbonyl (C=O) groups is 1. The Morgan fingerprint density at radius 1 is 0.827 bits per heavy atom. The standard InChI is InChI=1S/C34H36NS.C13H24O2.Ir/c1-21(2)29-27-17-18-35-30(24-19-23-11-9-10-12-26(23)28(20-24)34(6,7)8)32(27)36-31(29)22-13-15-25(16-14-22)33(3,4)5;1-5-10(6-2)12(14)9-13(15)11(7-3)8-4;/h9-18,20-21H,1-8H3;9-11,14H,5-8H2,1-4H3;/q-1;;/b;12-9-;. The molecule has 0 aliphatic carbocycles. The van der Waals surface area contributed by atoms with Crippen molar-refractivity contribution in [1.82, 2.24) is 4.98 Å². The molecule has 0 saturated carbocycles. The van der Waals surface area contributed by atoms with Gasteiger partial charge >= 0.3 is 0 Å². The number of thiophene rings is 1. The van der Waals surface area contributed by atoms with Crippen molar-refractivity contribution in [2.45, 2.75) is 126 Å². The Labute approximate surface area is 331 Å². The quantitative estimate of drug-likeness (QED) is 0.0863. The molecule has 0 bridgehead atoms. The number of ketones is 1. The number of carbonyl (C=O) groups excluding carboxylic acids is 1. The maximum Gasteiger partial charge on any atom is 0.162 e. The van der Waals surface area contributed by atoms with Gasteiger partial charge in [0.15, 0.2) is 5.78 Å². The third kappa shape index (κ3) is 9.90. The summed E-state index contributed by atoms with van der Waals surface area (Å²) in [5.74, 6) is 0.961. The molecule has 5 heteroatoms. The van der Waals surface area contributed by atoms with E-state index in [4.69, 9.17) is 4.98 Å². The largest absolute Gasteiger partial charge is 0.512 e. The van der Waals surface area contributed by atoms with E-state index < -0.39 is 0 Å². The average Bonchev–Trinajstić information content (AvgIpc) is 3.49. The molecule has 0 aliphatic heterocycles. The normalized spacial score (nSPS) is 12.4. The second-order valence-corrected chi connectivity index (χ2v) is 17.3. The SMILES string of the molecule is CC(C)c1c(-c2ccc(C(C)(C)C)cc2)sc2c(-c3[c-]c4ccccc4c(C(C)(C)C)c3)nccc12.CCC(CC)C(=O)/C=C(\O)C(CC)CC.[Ir]. The molecule has 2 aromatic heterocycles. The number of pyridine rings is 1. The number of aromatic nitrogens is 1. The van der Waals surface area contributed by atoms with Gasteiger partial charge in [0.05, 0.1) is 5.76 Å². The van der Waals surface area contributed by atoms with Crippen LogP contribution in [0.5, 0.6) is 0 Å². The Morgan fingerprint density at radius 2 is 1.42 bits per heavy atom. The summed E-state index contributed by atoms with van der Waals surface area (Å²) in [6, 6.07) is 26.0. The van der Waals surface area contributed by atoms with Gasteiger partial charge in [-0.3, -0.25) is 9.78 Å². The molecule has 2 heterocycles. The van der Waals surface area contributed by atoms with Crippen LogP contribution in [0.4, 0.5) is 0 Å². The fourth-order valence-electron chi connectivity index (χ4n) is 6.90. The number of allylic oxidation sites excluding steroid dienone is 2. The zero-order chi connectivity index (χ0) is 37.7. The fraction of sp³-hybridized carbons (Fsp3) is 0.447. The molecule has 0 amide bonds. The van der Waals surface area contributed by atoms with Crippen molar-refractivity contribution in [2.75, 3.05) is 0 Å². The van der Waals surface area contributed by atoms with Gasteiger partial charge in [-0.25, -0.2) is 0 Å². The number of hydrogen-bond acceptors (Lipinski definition) is 4. The van der Waals surface area contributed by atoms with Crippen LogP contribution in [0.1, 0.15) is 131 Å². The van der Waals surface area contributed by atoms with Crippen molar-refractivity contribution in [1.29, 1.82) is 0 Å². The first kappa shape index (κ1) is 43.3. The van der Waals surface area contributed by atoms with Crippen LogP contribution in [0, 0.1) is 17.9 Å². The van der Waals surface area contributed by atoms with E-state index in [1.54, 1.807) is 0 Å². The predicted octanol–water partition coefficient (Wildman–Crippen LogP) is 14.2. The maximum atomic E-state index is 11.7. The molecule has 0 fully saturated rings. The summed E-state index contributed by atoms with van der Waals surface area (Å²) in [4.78, 5) is 18.0. The van der Waals surface area contributed by atoms with E-state index >= 15 is 0 Å². The molecule has 3 nitrogen and oxygen atoms in total. The fourth-order valence-corrected chi connectivity index (χ4v) is 8.36. The van der Waals surface area contributed by atoms with Crippen molar-refractivity contribution in [3.63, 3.8) is 0 Å². The number of aliphatic hydroxyl groups is 1. The summed E-state index contributed by atoms with van der Waals surface area (Å²) >= 11 is 1.88. The monoisotopic (exact) mass is 895 g/mol. The molecular formula is C47H60IrNO2S-. The topological polar surface area (TPSA) is 50.2 Å². The number of benzene rings is 3. The van der Waals surface area contributed by atoms with Gasteiger partial charge in [-0.2, -0.15) is 0 Å². The van der Waals surface area contributed by atoms with E-state index in [-0.39, 0.29) is 54.3 Å². The predicted molar refractivity (Wildman–Crippen MR) is 222 cm³/mol. The Morgan fingerprint density at radius 3 is 1.96 bits per heavy atom. The minimum atomic E-state index is 0. The van der Waals surface area contributed by atoms with E-state index in [0.29, 0.717) is 5.92 Å². The summed E-state index contributed by atoms with van der Waals surface area (Å²) in [7, 11) is 0. The van der Waals surface area contributed by atoms with E-state index in [0.717, 1.165) is 42.3 Å². The number of aliphatic hydroxyl groups excluding tert-OH is 1. The molecule has 52 heavy (non-hydrogen) atoms. The minimum Gasteiger partial charge on any atom is -0.512 e. The first-order valence-corrected chi connectivity index (χ1v) is 19.8. The van der Waals surface area contributed by atoms with Gasteiger partial charge in [-0.1, -0.05) is 136 Å². The van der Waals surface area contributed by atoms with Crippen LogP contribution in [0.2, 0.25) is 0 Å². The van der Waals surface area contributed by atoms with Crippen molar-refractivity contribution in [2.24, 2.45) is 11.8 Å². The van der Waals surface area contributed by atoms with Crippen LogP contribution in [-0.2, 0) is 35.7 Å². The summed E-state index contributed by atoms with van der Waals surface area (Å²) in [5, 5.41) is 13.5. The van der Waals surface area contributed by atoms with Crippen LogP contribution < -0.4 is 0 Å². The number of hydrogen-bond donors (Lipinski definition) is 1. The Bertz CT molecular complexity index is 1960. The molecule has 0 spiro atoms. The van der Waals surface area contributed by atoms with Crippen LogP contribution in [0.15, 0.2) is 78.7 Å². The van der Waals surface area contributed by atoms with Gasteiger partial charge in [-0.15, -0.1) is 40.5 Å². The van der Waals surface area contributed by atoms with Crippen LogP contribution in [0.3, 0.4) is 0 Å². The van der Waals surface area contributed by atoms with Gasteiger partial charge < -0.3 is 5.11 Å². The molecule has 5 aromatic rings. The molecule has 0 unspecified atom stereocenters. The molecule has 1 radical (unpaired) electrons. The summed E-state index contributed by atoms with van der Waals surface area (Å²) in [6.07, 6.45) is 6.88. The second-order valence-electron chi connectivity index (χ2n) is 16.3. The van der Waals surface area contributed by atoms with Crippen molar-refractivity contribution in [3.05, 3.63) is 101 Å². The third-order valence-corrected chi connectivity index (χ3v) is 11.4. The number of fused-ring (bicyclic) bond motifs is 2. The second kappa shape index (κ2) is 18.3. The molecule has 5 rings (SSSR count). The molecule has 0 aliphatic rings. The van der Waals surface area contributed by atoms with Crippen LogP contribution in [0.25, 0.3) is 42.6 Å². The number of nitrogens with zero attached hydrogens (tertiary/aromatic N) is 1. The van der Waals surface area contributed by atoms with Gasteiger partial charge in [-0.05, 0) is 70.6 Å². The van der Waals surface area contributed by atoms with Gasteiger partial charge in [0.2, 0.25) is 0 Å². The summed E-state index contributed by atoms with van der Waals surface area (Å²) in [6.45, 7) is 26.3. The average molecular weight is 895 g/mol. The molecular weight excluding hydrogens is 835 g/mol. The summed E-state index contributed by atoms with van der Waals surface area (Å²) < 4.78 is 1.25. The van der Waals surface area contributed by atoms with Crippen LogP contribution >= 0.6 is 11.3 Å². The maximum absolute atomic E-state index is 11.7. The molecule has 0 saturated heterocycles. The minimum absolute atomic E-state index is 0. The first-order chi connectivity index (χ1) is 24.0. The third-order valence-electron chi connectivity index (χ3n) is 10.2. The Balaban J connectivity index is 0.000000389. The van der Waals surface area contributed by atoms with Gasteiger partial charge in [0, 0.05) is 59.5 Å². The smallest absolute Gasteiger partial charge is 0.162 e. The van der Waals surface area contributed by atoms with Crippen molar-refractivity contribution < 1.29 is 30.0 Å². The van der Waals surface area contributed by atoms with Gasteiger partial charge in [0.25, 0.3) is 0 Å². The Hall–Kier alpha value is -3.11. The molecule has 1 N–H and O–H groups in total. The van der Waals surface area contributed by atoms with E-state index in [1.165, 1.54) is 48.7 Å². The van der Waals surface area contributed by atoms with E-state index in [1.807, 2.05) is 45.2 Å². The zero-order valence-corrected chi connectivity index (χ0v) is 36.7. The Kier molecular flexibility index (Phi) is 15.2. The first-order valence-electron chi connectivity index (χ1n) is 19.0. The molecule has 3 aromatic carbocycles. The zero-order valence-electron chi connectivity index (χ0n) is 33.5. The van der Waals surface area contributed by atoms with E-state index in [9.17, 15) is 9.90 Å². The summed E-state index contributed by atoms with van der Waals surface area (Å²) in [5.41, 5.74) is 7.69. The number of rotatable bonds is 10. The van der Waals surface area contributed by atoms with E-state index in [2.05, 4.69) is 122 Å². The molecule has 281 valence electrons. The molecule has 0 atom stereocenters. The van der Waals surface area contributed by atoms with Crippen LogP contribution in [-0.4, -0.2) is 15.9 Å².